The Morgan fingerprint density at radius 1 is 1.33 bits per heavy atom. The van der Waals surface area contributed by atoms with E-state index in [9.17, 15) is 13.2 Å². The van der Waals surface area contributed by atoms with Gasteiger partial charge < -0.3 is 0 Å². The molecule has 2 aromatic rings. The largest absolute Gasteiger partial charge is 0.298 e. The van der Waals surface area contributed by atoms with Gasteiger partial charge in [-0.15, -0.1) is 0 Å². The molecule has 1 unspecified atom stereocenters. The van der Waals surface area contributed by atoms with E-state index in [1.165, 1.54) is 10.2 Å². The minimum Gasteiger partial charge on any atom is -0.298 e. The predicted molar refractivity (Wildman–Crippen MR) is 97.8 cm³/mol. The van der Waals surface area contributed by atoms with Gasteiger partial charge in [0.25, 0.3) is 0 Å². The van der Waals surface area contributed by atoms with E-state index in [-0.39, 0.29) is 0 Å². The normalized spacial score (nSPS) is 20.4. The Morgan fingerprint density at radius 3 is 2.67 bits per heavy atom. The van der Waals surface area contributed by atoms with Crippen LogP contribution in [-0.2, 0) is 10.0 Å². The van der Waals surface area contributed by atoms with Gasteiger partial charge >= 0.3 is 0 Å². The fraction of sp³-hybridized carbons (Fsp3) is 0.211. The van der Waals surface area contributed by atoms with E-state index in [2.05, 4.69) is 6.58 Å². The Morgan fingerprint density at radius 2 is 2.08 bits per heavy atom. The molecular formula is C19H19NO3S. The summed E-state index contributed by atoms with van der Waals surface area (Å²) in [5.74, 6) is 0. The van der Waals surface area contributed by atoms with Crippen LogP contribution >= 0.6 is 0 Å². The van der Waals surface area contributed by atoms with Crippen molar-refractivity contribution in [2.45, 2.75) is 25.0 Å². The van der Waals surface area contributed by atoms with E-state index in [0.29, 0.717) is 28.5 Å². The van der Waals surface area contributed by atoms with Gasteiger partial charge in [-0.3, -0.25) is 4.79 Å². The van der Waals surface area contributed by atoms with Crippen molar-refractivity contribution < 1.29 is 13.2 Å². The number of aryl methyl sites for hydroxylation is 1. The van der Waals surface area contributed by atoms with Crippen molar-refractivity contribution in [3.05, 3.63) is 65.9 Å². The zero-order chi connectivity index (χ0) is 17.5. The lowest BCUT2D eigenvalue weighted by Gasteiger charge is -2.27. The average molecular weight is 341 g/mol. The Labute approximate surface area is 141 Å². The standard InChI is InChI=1S/C19H19NO3S/c1-4-15-12-14(2)18-16(17(15)13-21)8-11-20(18)24(22,23)19(3)9-6-5-7-10-19/h4-9,11-13H,1,10H2,2-3H3. The van der Waals surface area contributed by atoms with Gasteiger partial charge in [-0.2, -0.15) is 0 Å². The monoisotopic (exact) mass is 341 g/mol. The lowest BCUT2D eigenvalue weighted by atomic mass is 10.0. The number of hydrogen-bond donors (Lipinski definition) is 0. The van der Waals surface area contributed by atoms with E-state index < -0.39 is 14.8 Å². The molecule has 0 amide bonds. The molecule has 0 fully saturated rings. The third-order valence-electron chi connectivity index (χ3n) is 4.60. The van der Waals surface area contributed by atoms with Crippen molar-refractivity contribution in [3.63, 3.8) is 0 Å². The van der Waals surface area contributed by atoms with Crippen LogP contribution in [0.2, 0.25) is 0 Å². The molecule has 1 aliphatic rings. The number of carbonyl (C=O) groups excluding carboxylic acids is 1. The zero-order valence-electron chi connectivity index (χ0n) is 13.7. The maximum atomic E-state index is 13.3. The van der Waals surface area contributed by atoms with Gasteiger partial charge in [-0.05, 0) is 43.5 Å². The highest BCUT2D eigenvalue weighted by Crippen LogP contribution is 2.34. The number of nitrogens with zero attached hydrogens (tertiary/aromatic N) is 1. The number of aromatic nitrogens is 1. The van der Waals surface area contributed by atoms with Crippen molar-refractivity contribution in [1.29, 1.82) is 0 Å². The average Bonchev–Trinajstić information content (AvgIpc) is 3.01. The molecule has 1 heterocycles. The molecule has 0 N–H and O–H groups in total. The summed E-state index contributed by atoms with van der Waals surface area (Å²) in [6, 6.07) is 3.48. The highest BCUT2D eigenvalue weighted by atomic mass is 32.2. The third kappa shape index (κ3) is 2.19. The van der Waals surface area contributed by atoms with Crippen LogP contribution in [0.1, 0.15) is 34.8 Å². The van der Waals surface area contributed by atoms with Crippen molar-refractivity contribution >= 4 is 33.3 Å². The SMILES string of the molecule is C=Cc1cc(C)c2c(ccn2S(=O)(=O)C2(C)C=CC=CC2)c1C=O. The van der Waals surface area contributed by atoms with Gasteiger partial charge in [0.05, 0.1) is 5.52 Å². The summed E-state index contributed by atoms with van der Waals surface area (Å²) < 4.78 is 26.8. The van der Waals surface area contributed by atoms with E-state index in [1.807, 2.05) is 19.1 Å². The first-order valence-corrected chi connectivity index (χ1v) is 9.11. The molecule has 3 rings (SSSR count). The highest BCUT2D eigenvalue weighted by Gasteiger charge is 2.38. The van der Waals surface area contributed by atoms with Crippen LogP contribution in [0.5, 0.6) is 0 Å². The second kappa shape index (κ2) is 5.60. The zero-order valence-corrected chi connectivity index (χ0v) is 14.5. The summed E-state index contributed by atoms with van der Waals surface area (Å²) in [6.45, 7) is 7.28. The number of benzene rings is 1. The molecule has 1 aromatic heterocycles. The summed E-state index contributed by atoms with van der Waals surface area (Å²) in [5, 5.41) is 0.627. The van der Waals surface area contributed by atoms with E-state index in [0.717, 1.165) is 11.8 Å². The van der Waals surface area contributed by atoms with Gasteiger partial charge in [0.1, 0.15) is 4.75 Å². The van der Waals surface area contributed by atoms with Gasteiger partial charge in [0.2, 0.25) is 10.0 Å². The van der Waals surface area contributed by atoms with E-state index in [1.54, 1.807) is 37.3 Å². The van der Waals surface area contributed by atoms with Crippen LogP contribution < -0.4 is 0 Å². The first-order chi connectivity index (χ1) is 11.4. The molecule has 124 valence electrons. The van der Waals surface area contributed by atoms with Gasteiger partial charge in [-0.25, -0.2) is 12.4 Å². The Bertz CT molecular complexity index is 1010. The lowest BCUT2D eigenvalue weighted by molar-refractivity contribution is 0.112. The number of carbonyl (C=O) groups is 1. The molecule has 0 saturated heterocycles. The maximum absolute atomic E-state index is 13.3. The van der Waals surface area contributed by atoms with Crippen molar-refractivity contribution in [2.24, 2.45) is 0 Å². The molecule has 4 nitrogen and oxygen atoms in total. The summed E-state index contributed by atoms with van der Waals surface area (Å²) in [5.41, 5.74) is 2.51. The predicted octanol–water partition coefficient (Wildman–Crippen LogP) is 3.86. The summed E-state index contributed by atoms with van der Waals surface area (Å²) >= 11 is 0. The first kappa shape index (κ1) is 16.5. The summed E-state index contributed by atoms with van der Waals surface area (Å²) in [7, 11) is -3.68. The number of hydrogen-bond acceptors (Lipinski definition) is 3. The first-order valence-electron chi connectivity index (χ1n) is 7.67. The van der Waals surface area contributed by atoms with Crippen LogP contribution in [0.4, 0.5) is 0 Å². The second-order valence-corrected chi connectivity index (χ2v) is 8.48. The molecule has 5 heteroatoms. The molecular weight excluding hydrogens is 322 g/mol. The maximum Gasteiger partial charge on any atom is 0.248 e. The fourth-order valence-electron chi connectivity index (χ4n) is 3.18. The third-order valence-corrected chi connectivity index (χ3v) is 6.91. The number of allylic oxidation sites excluding steroid dienone is 3. The lowest BCUT2D eigenvalue weighted by Crippen LogP contribution is -2.37. The smallest absolute Gasteiger partial charge is 0.248 e. The Balaban J connectivity index is 2.33. The topological polar surface area (TPSA) is 56.1 Å². The molecule has 1 aromatic carbocycles. The second-order valence-electron chi connectivity index (χ2n) is 6.20. The number of fused-ring (bicyclic) bond motifs is 1. The van der Waals surface area contributed by atoms with Crippen LogP contribution in [-0.4, -0.2) is 23.4 Å². The molecule has 0 saturated carbocycles. The summed E-state index contributed by atoms with van der Waals surface area (Å²) in [4.78, 5) is 11.5. The highest BCUT2D eigenvalue weighted by molar-refractivity contribution is 7.91. The number of aldehydes is 1. The quantitative estimate of drug-likeness (QED) is 0.794. The van der Waals surface area contributed by atoms with Gasteiger partial charge in [0.15, 0.2) is 6.29 Å². The Kier molecular flexibility index (Phi) is 3.84. The van der Waals surface area contributed by atoms with E-state index >= 15 is 0 Å². The minimum absolute atomic E-state index is 0.413. The molecule has 1 atom stereocenters. The number of rotatable bonds is 4. The molecule has 0 aliphatic heterocycles. The van der Waals surface area contributed by atoms with Crippen molar-refractivity contribution in [2.75, 3.05) is 0 Å². The van der Waals surface area contributed by atoms with Crippen LogP contribution in [0.3, 0.4) is 0 Å². The molecule has 0 radical (unpaired) electrons. The van der Waals surface area contributed by atoms with Crippen LogP contribution in [0.25, 0.3) is 17.0 Å². The summed E-state index contributed by atoms with van der Waals surface area (Å²) in [6.07, 6.45) is 11.5. The van der Waals surface area contributed by atoms with Gasteiger partial charge in [0, 0.05) is 17.1 Å². The van der Waals surface area contributed by atoms with E-state index in [4.69, 9.17) is 0 Å². The minimum atomic E-state index is -3.68. The molecule has 0 bridgehead atoms. The van der Waals surface area contributed by atoms with Crippen LogP contribution in [0.15, 0.2) is 49.2 Å². The van der Waals surface area contributed by atoms with Crippen molar-refractivity contribution in [1.82, 2.24) is 3.97 Å². The van der Waals surface area contributed by atoms with Crippen molar-refractivity contribution in [3.8, 4) is 0 Å². The van der Waals surface area contributed by atoms with Gasteiger partial charge in [-0.1, -0.05) is 37.0 Å². The molecule has 0 spiro atoms. The Hall–Kier alpha value is -2.40. The van der Waals surface area contributed by atoms with Crippen LogP contribution in [0, 0.1) is 6.92 Å². The molecule has 1 aliphatic carbocycles. The molecule has 24 heavy (non-hydrogen) atoms. The fourth-order valence-corrected chi connectivity index (χ4v) is 4.89.